The van der Waals surface area contributed by atoms with E-state index >= 15 is 0 Å². The maximum Gasteiger partial charge on any atom is 0.336 e. The first-order valence-corrected chi connectivity index (χ1v) is 6.64. The molecule has 0 aromatic heterocycles. The van der Waals surface area contributed by atoms with Gasteiger partial charge in [0.15, 0.2) is 12.2 Å². The van der Waals surface area contributed by atoms with Crippen molar-refractivity contribution in [3.63, 3.8) is 0 Å². The van der Waals surface area contributed by atoms with Crippen LogP contribution >= 0.6 is 0 Å². The van der Waals surface area contributed by atoms with Crippen LogP contribution in [0.4, 0.5) is 0 Å². The molecule has 0 fully saturated rings. The summed E-state index contributed by atoms with van der Waals surface area (Å²) in [7, 11) is 0. The standard InChI is InChI=1S/C14H24O6/c1-9(2)5-4-6-10(3)7-8-20-12(14(18)19)11(15)13(16)17/h5,10-12,15H,4,6-8H2,1-3H3,(H,16,17)(H,18,19). The summed E-state index contributed by atoms with van der Waals surface area (Å²) < 4.78 is 4.98. The molecule has 0 aliphatic carbocycles. The number of carbonyl (C=O) groups is 2. The van der Waals surface area contributed by atoms with Crippen molar-refractivity contribution in [3.05, 3.63) is 11.6 Å². The Hall–Kier alpha value is -1.40. The van der Waals surface area contributed by atoms with Crippen molar-refractivity contribution in [1.82, 2.24) is 0 Å². The average Bonchev–Trinajstić information content (AvgIpc) is 2.32. The van der Waals surface area contributed by atoms with Gasteiger partial charge >= 0.3 is 11.9 Å². The third-order valence-electron chi connectivity index (χ3n) is 2.90. The van der Waals surface area contributed by atoms with Crippen molar-refractivity contribution in [3.8, 4) is 0 Å². The molecule has 0 spiro atoms. The van der Waals surface area contributed by atoms with E-state index in [1.807, 2.05) is 20.8 Å². The third-order valence-corrected chi connectivity index (χ3v) is 2.90. The van der Waals surface area contributed by atoms with Crippen LogP contribution in [-0.4, -0.2) is 46.1 Å². The monoisotopic (exact) mass is 288 g/mol. The zero-order valence-electron chi connectivity index (χ0n) is 12.2. The molecule has 20 heavy (non-hydrogen) atoms. The highest BCUT2D eigenvalue weighted by Gasteiger charge is 2.32. The van der Waals surface area contributed by atoms with Gasteiger partial charge < -0.3 is 20.1 Å². The lowest BCUT2D eigenvalue weighted by atomic mass is 10.0. The van der Waals surface area contributed by atoms with Crippen molar-refractivity contribution in [2.24, 2.45) is 5.92 Å². The summed E-state index contributed by atoms with van der Waals surface area (Å²) in [6.45, 7) is 6.18. The lowest BCUT2D eigenvalue weighted by Gasteiger charge is -2.17. The number of ether oxygens (including phenoxy) is 1. The number of aliphatic hydroxyl groups excluding tert-OH is 1. The summed E-state index contributed by atoms with van der Waals surface area (Å²) in [5.41, 5.74) is 1.25. The van der Waals surface area contributed by atoms with Gasteiger partial charge in [0, 0.05) is 6.61 Å². The Kier molecular flexibility index (Phi) is 8.83. The predicted octanol–water partition coefficient (Wildman–Crippen LogP) is 1.67. The van der Waals surface area contributed by atoms with Gasteiger partial charge in [-0.3, -0.25) is 0 Å². The number of rotatable bonds is 10. The molecule has 0 aliphatic rings. The van der Waals surface area contributed by atoms with E-state index in [0.29, 0.717) is 12.3 Å². The fraction of sp³-hybridized carbons (Fsp3) is 0.714. The number of aliphatic hydroxyl groups is 1. The maximum absolute atomic E-state index is 10.8. The summed E-state index contributed by atoms with van der Waals surface area (Å²) in [5, 5.41) is 26.6. The van der Waals surface area contributed by atoms with E-state index in [-0.39, 0.29) is 6.61 Å². The van der Waals surface area contributed by atoms with Gasteiger partial charge in [0.2, 0.25) is 0 Å². The second-order valence-corrected chi connectivity index (χ2v) is 5.17. The van der Waals surface area contributed by atoms with Gasteiger partial charge in [-0.1, -0.05) is 18.6 Å². The van der Waals surface area contributed by atoms with Crippen LogP contribution in [0.1, 0.15) is 40.0 Å². The van der Waals surface area contributed by atoms with E-state index in [9.17, 15) is 14.7 Å². The molecule has 6 heteroatoms. The van der Waals surface area contributed by atoms with Gasteiger partial charge in [-0.05, 0) is 39.0 Å². The molecule has 0 amide bonds. The topological polar surface area (TPSA) is 104 Å². The lowest BCUT2D eigenvalue weighted by Crippen LogP contribution is -2.42. The van der Waals surface area contributed by atoms with Gasteiger partial charge in [0.05, 0.1) is 0 Å². The van der Waals surface area contributed by atoms with E-state index < -0.39 is 24.1 Å². The predicted molar refractivity (Wildman–Crippen MR) is 73.5 cm³/mol. The minimum absolute atomic E-state index is 0.108. The molecule has 3 atom stereocenters. The van der Waals surface area contributed by atoms with Crippen LogP contribution in [0.15, 0.2) is 11.6 Å². The van der Waals surface area contributed by atoms with Gasteiger partial charge in [0.1, 0.15) is 0 Å². The second-order valence-electron chi connectivity index (χ2n) is 5.17. The molecule has 0 aromatic carbocycles. The number of carboxylic acids is 2. The quantitative estimate of drug-likeness (QED) is 0.528. The minimum Gasteiger partial charge on any atom is -0.479 e. The van der Waals surface area contributed by atoms with Crippen molar-refractivity contribution < 1.29 is 29.6 Å². The Morgan fingerprint density at radius 2 is 1.75 bits per heavy atom. The van der Waals surface area contributed by atoms with Crippen LogP contribution in [-0.2, 0) is 14.3 Å². The molecule has 0 aliphatic heterocycles. The van der Waals surface area contributed by atoms with Crippen LogP contribution in [0, 0.1) is 5.92 Å². The number of allylic oxidation sites excluding steroid dienone is 2. The molecule has 0 radical (unpaired) electrons. The minimum atomic E-state index is -2.05. The van der Waals surface area contributed by atoms with Gasteiger partial charge in [-0.25, -0.2) is 9.59 Å². The Morgan fingerprint density at radius 1 is 1.15 bits per heavy atom. The van der Waals surface area contributed by atoms with Crippen LogP contribution in [0.5, 0.6) is 0 Å². The zero-order valence-corrected chi connectivity index (χ0v) is 12.2. The molecule has 0 saturated carbocycles. The van der Waals surface area contributed by atoms with E-state index in [2.05, 4.69) is 6.08 Å². The fourth-order valence-electron chi connectivity index (χ4n) is 1.62. The summed E-state index contributed by atoms with van der Waals surface area (Å²) >= 11 is 0. The first kappa shape index (κ1) is 18.6. The van der Waals surface area contributed by atoms with Crippen molar-refractivity contribution >= 4 is 11.9 Å². The molecule has 0 aromatic rings. The van der Waals surface area contributed by atoms with Crippen LogP contribution in [0.3, 0.4) is 0 Å². The largest absolute Gasteiger partial charge is 0.479 e. The molecule has 3 unspecified atom stereocenters. The Bertz CT molecular complexity index is 346. The van der Waals surface area contributed by atoms with Crippen molar-refractivity contribution in [2.75, 3.05) is 6.61 Å². The zero-order chi connectivity index (χ0) is 15.7. The number of hydrogen-bond acceptors (Lipinski definition) is 4. The fourth-order valence-corrected chi connectivity index (χ4v) is 1.62. The van der Waals surface area contributed by atoms with Crippen LogP contribution < -0.4 is 0 Å². The van der Waals surface area contributed by atoms with E-state index in [1.54, 1.807) is 0 Å². The molecule has 0 saturated heterocycles. The Labute approximate surface area is 119 Å². The van der Waals surface area contributed by atoms with E-state index in [4.69, 9.17) is 14.9 Å². The molecule has 0 heterocycles. The average molecular weight is 288 g/mol. The highest BCUT2D eigenvalue weighted by molar-refractivity contribution is 5.83. The first-order chi connectivity index (χ1) is 9.25. The maximum atomic E-state index is 10.8. The second kappa shape index (κ2) is 9.50. The number of hydrogen-bond donors (Lipinski definition) is 3. The van der Waals surface area contributed by atoms with Crippen LogP contribution in [0.25, 0.3) is 0 Å². The first-order valence-electron chi connectivity index (χ1n) is 6.64. The Balaban J connectivity index is 4.09. The molecule has 3 N–H and O–H groups in total. The molecular weight excluding hydrogens is 264 g/mol. The molecule has 6 nitrogen and oxygen atoms in total. The molecule has 0 bridgehead atoms. The van der Waals surface area contributed by atoms with Crippen molar-refractivity contribution in [1.29, 1.82) is 0 Å². The summed E-state index contributed by atoms with van der Waals surface area (Å²) in [4.78, 5) is 21.4. The number of carboxylic acid groups (broad SMARTS) is 2. The Morgan fingerprint density at radius 3 is 2.20 bits per heavy atom. The number of aliphatic carboxylic acids is 2. The summed E-state index contributed by atoms with van der Waals surface area (Å²) in [5.74, 6) is -2.74. The van der Waals surface area contributed by atoms with E-state index in [1.165, 1.54) is 5.57 Å². The van der Waals surface area contributed by atoms with Crippen LogP contribution in [0.2, 0.25) is 0 Å². The van der Waals surface area contributed by atoms with Crippen molar-refractivity contribution in [2.45, 2.75) is 52.2 Å². The summed E-state index contributed by atoms with van der Waals surface area (Å²) in [6, 6.07) is 0. The van der Waals surface area contributed by atoms with Gasteiger partial charge in [-0.15, -0.1) is 0 Å². The summed E-state index contributed by atoms with van der Waals surface area (Å²) in [6.07, 6.45) is 0.876. The SMILES string of the molecule is CC(C)=CCCC(C)CCOC(C(=O)O)C(O)C(=O)O. The normalized spacial score (nSPS) is 15.2. The highest BCUT2D eigenvalue weighted by Crippen LogP contribution is 2.13. The van der Waals surface area contributed by atoms with Gasteiger partial charge in [0.25, 0.3) is 0 Å². The smallest absolute Gasteiger partial charge is 0.336 e. The van der Waals surface area contributed by atoms with E-state index in [0.717, 1.165) is 12.8 Å². The molecule has 116 valence electrons. The highest BCUT2D eigenvalue weighted by atomic mass is 16.5. The molecule has 0 rings (SSSR count). The lowest BCUT2D eigenvalue weighted by molar-refractivity contribution is -0.171. The third kappa shape index (κ3) is 7.91. The van der Waals surface area contributed by atoms with Gasteiger partial charge in [-0.2, -0.15) is 0 Å². The molecular formula is C14H24O6.